The number of rotatable bonds is 3. The fraction of sp³-hybridized carbons (Fsp3) is 0.158. The molecule has 3 rings (SSSR count). The van der Waals surface area contributed by atoms with E-state index in [-0.39, 0.29) is 5.82 Å². The average Bonchev–Trinajstić information content (AvgIpc) is 2.48. The second-order valence-electron chi connectivity index (χ2n) is 5.08. The zero-order valence-electron chi connectivity index (χ0n) is 11.6. The van der Waals surface area contributed by atoms with Gasteiger partial charge in [0, 0.05) is 0 Å². The van der Waals surface area contributed by atoms with Gasteiger partial charge in [-0.2, -0.15) is 0 Å². The fourth-order valence-electron chi connectivity index (χ4n) is 2.75. The molecule has 0 atom stereocenters. The number of benzene rings is 3. The van der Waals surface area contributed by atoms with Crippen LogP contribution in [0.2, 0.25) is 0 Å². The highest BCUT2D eigenvalue weighted by molar-refractivity contribution is 5.98. The Bertz CT molecular complexity index is 726. The van der Waals surface area contributed by atoms with Gasteiger partial charge < -0.3 is 0 Å². The predicted molar refractivity (Wildman–Crippen MR) is 83.3 cm³/mol. The molecule has 0 bridgehead atoms. The highest BCUT2D eigenvalue weighted by atomic mass is 19.1. The topological polar surface area (TPSA) is 0 Å². The molecular formula is C19H17F. The molecule has 100 valence electrons. The largest absolute Gasteiger partial charge is 0.207 e. The van der Waals surface area contributed by atoms with Crippen molar-refractivity contribution in [2.45, 2.75) is 19.8 Å². The maximum Gasteiger partial charge on any atom is 0.123 e. The lowest BCUT2D eigenvalue weighted by Crippen LogP contribution is -1.91. The second kappa shape index (κ2) is 5.46. The van der Waals surface area contributed by atoms with Crippen LogP contribution in [0.5, 0.6) is 0 Å². The van der Waals surface area contributed by atoms with Crippen molar-refractivity contribution in [2.24, 2.45) is 0 Å². The first-order valence-electron chi connectivity index (χ1n) is 7.06. The lowest BCUT2D eigenvalue weighted by atomic mass is 9.91. The first kappa shape index (κ1) is 12.9. The molecule has 0 aliphatic rings. The minimum atomic E-state index is -0.189. The molecule has 0 fully saturated rings. The molecule has 3 aromatic rings. The highest BCUT2D eigenvalue weighted by Gasteiger charge is 2.09. The number of hydrogen-bond donors (Lipinski definition) is 0. The zero-order valence-corrected chi connectivity index (χ0v) is 11.6. The van der Waals surface area contributed by atoms with Crippen LogP contribution in [0.4, 0.5) is 4.39 Å². The van der Waals surface area contributed by atoms with E-state index < -0.39 is 0 Å². The molecule has 0 unspecified atom stereocenters. The van der Waals surface area contributed by atoms with Crippen molar-refractivity contribution in [1.82, 2.24) is 0 Å². The van der Waals surface area contributed by atoms with Gasteiger partial charge in [-0.25, -0.2) is 4.39 Å². The van der Waals surface area contributed by atoms with Gasteiger partial charge in [-0.05, 0) is 46.0 Å². The Kier molecular flexibility index (Phi) is 3.51. The van der Waals surface area contributed by atoms with Crippen molar-refractivity contribution in [3.63, 3.8) is 0 Å². The molecule has 0 amide bonds. The maximum atomic E-state index is 13.2. The Morgan fingerprint density at radius 2 is 1.60 bits per heavy atom. The third-order valence-electron chi connectivity index (χ3n) is 3.67. The van der Waals surface area contributed by atoms with Crippen molar-refractivity contribution in [2.75, 3.05) is 0 Å². The summed E-state index contributed by atoms with van der Waals surface area (Å²) in [5.41, 5.74) is 3.66. The van der Waals surface area contributed by atoms with E-state index in [9.17, 15) is 4.39 Å². The highest BCUT2D eigenvalue weighted by Crippen LogP contribution is 2.33. The van der Waals surface area contributed by atoms with E-state index in [4.69, 9.17) is 0 Å². The molecule has 0 heterocycles. The van der Waals surface area contributed by atoms with Crippen LogP contribution in [-0.4, -0.2) is 0 Å². The molecule has 0 saturated heterocycles. The lowest BCUT2D eigenvalue weighted by molar-refractivity contribution is 0.628. The molecule has 0 aliphatic carbocycles. The minimum Gasteiger partial charge on any atom is -0.207 e. The SMILES string of the molecule is CCCc1ccc2ccccc2c1-c1ccc(F)cc1. The Hall–Kier alpha value is -2.15. The number of fused-ring (bicyclic) bond motifs is 1. The van der Waals surface area contributed by atoms with Gasteiger partial charge in [0.25, 0.3) is 0 Å². The lowest BCUT2D eigenvalue weighted by Gasteiger charge is -2.13. The maximum absolute atomic E-state index is 13.2. The standard InChI is InChI=1S/C19H17F/c1-2-5-15-9-8-14-6-3-4-7-18(14)19(15)16-10-12-17(20)13-11-16/h3-4,6-13H,2,5H2,1H3. The van der Waals surface area contributed by atoms with Gasteiger partial charge in [0.15, 0.2) is 0 Å². The van der Waals surface area contributed by atoms with Gasteiger partial charge in [-0.3, -0.25) is 0 Å². The summed E-state index contributed by atoms with van der Waals surface area (Å²) in [6.45, 7) is 2.18. The molecule has 0 nitrogen and oxygen atoms in total. The summed E-state index contributed by atoms with van der Waals surface area (Å²) in [4.78, 5) is 0. The molecule has 0 N–H and O–H groups in total. The van der Waals surface area contributed by atoms with Gasteiger partial charge in [0.1, 0.15) is 5.82 Å². The normalized spacial score (nSPS) is 10.9. The quantitative estimate of drug-likeness (QED) is 0.577. The third kappa shape index (κ3) is 2.32. The Morgan fingerprint density at radius 1 is 0.850 bits per heavy atom. The van der Waals surface area contributed by atoms with E-state index in [2.05, 4.69) is 43.3 Å². The van der Waals surface area contributed by atoms with Crippen molar-refractivity contribution < 1.29 is 4.39 Å². The molecule has 20 heavy (non-hydrogen) atoms. The minimum absolute atomic E-state index is 0.189. The number of hydrogen-bond acceptors (Lipinski definition) is 0. The average molecular weight is 264 g/mol. The smallest absolute Gasteiger partial charge is 0.123 e. The van der Waals surface area contributed by atoms with Gasteiger partial charge >= 0.3 is 0 Å². The van der Waals surface area contributed by atoms with Crippen LogP contribution in [0.25, 0.3) is 21.9 Å². The Balaban J connectivity index is 2.29. The van der Waals surface area contributed by atoms with Crippen LogP contribution in [0, 0.1) is 5.82 Å². The van der Waals surface area contributed by atoms with Crippen LogP contribution in [-0.2, 0) is 6.42 Å². The molecule has 0 spiro atoms. The van der Waals surface area contributed by atoms with E-state index in [1.807, 2.05) is 12.1 Å². The van der Waals surface area contributed by atoms with Gasteiger partial charge in [0.05, 0.1) is 0 Å². The Morgan fingerprint density at radius 3 is 2.35 bits per heavy atom. The van der Waals surface area contributed by atoms with Crippen LogP contribution in [0.15, 0.2) is 60.7 Å². The summed E-state index contributed by atoms with van der Waals surface area (Å²) in [5, 5.41) is 2.47. The van der Waals surface area contributed by atoms with Gasteiger partial charge in [-0.15, -0.1) is 0 Å². The van der Waals surface area contributed by atoms with Crippen LogP contribution < -0.4 is 0 Å². The van der Waals surface area contributed by atoms with Crippen molar-refractivity contribution in [3.8, 4) is 11.1 Å². The first-order chi connectivity index (χ1) is 9.79. The van der Waals surface area contributed by atoms with Crippen molar-refractivity contribution >= 4 is 10.8 Å². The molecule has 3 aromatic carbocycles. The van der Waals surface area contributed by atoms with E-state index in [0.717, 1.165) is 18.4 Å². The molecule has 1 heteroatoms. The summed E-state index contributed by atoms with van der Waals surface area (Å²) in [6.07, 6.45) is 2.14. The van der Waals surface area contributed by atoms with E-state index in [1.54, 1.807) is 0 Å². The van der Waals surface area contributed by atoms with Crippen LogP contribution >= 0.6 is 0 Å². The van der Waals surface area contributed by atoms with E-state index in [0.29, 0.717) is 0 Å². The first-order valence-corrected chi connectivity index (χ1v) is 7.06. The summed E-state index contributed by atoms with van der Waals surface area (Å²) in [6, 6.07) is 19.6. The van der Waals surface area contributed by atoms with Gasteiger partial charge in [0.2, 0.25) is 0 Å². The summed E-state index contributed by atoms with van der Waals surface area (Å²) in [7, 11) is 0. The van der Waals surface area contributed by atoms with Crippen LogP contribution in [0.3, 0.4) is 0 Å². The van der Waals surface area contributed by atoms with Gasteiger partial charge in [-0.1, -0.05) is 61.9 Å². The molecule has 0 radical (unpaired) electrons. The second-order valence-corrected chi connectivity index (χ2v) is 5.08. The fourth-order valence-corrected chi connectivity index (χ4v) is 2.75. The van der Waals surface area contributed by atoms with E-state index >= 15 is 0 Å². The Labute approximate surface area is 118 Å². The van der Waals surface area contributed by atoms with Crippen molar-refractivity contribution in [3.05, 3.63) is 72.0 Å². The predicted octanol–water partition coefficient (Wildman–Crippen LogP) is 5.60. The van der Waals surface area contributed by atoms with Crippen LogP contribution in [0.1, 0.15) is 18.9 Å². The number of halogens is 1. The molecule has 0 saturated carbocycles. The summed E-state index contributed by atoms with van der Waals surface area (Å²) in [5.74, 6) is -0.189. The van der Waals surface area contributed by atoms with Crippen molar-refractivity contribution in [1.29, 1.82) is 0 Å². The van der Waals surface area contributed by atoms with E-state index in [1.165, 1.54) is 34.0 Å². The number of aryl methyl sites for hydroxylation is 1. The summed E-state index contributed by atoms with van der Waals surface area (Å²) >= 11 is 0. The zero-order chi connectivity index (χ0) is 13.9. The molecule has 0 aromatic heterocycles. The molecular weight excluding hydrogens is 247 g/mol. The summed E-state index contributed by atoms with van der Waals surface area (Å²) < 4.78 is 13.2. The third-order valence-corrected chi connectivity index (χ3v) is 3.67. The monoisotopic (exact) mass is 264 g/mol. The molecule has 0 aliphatic heterocycles.